The quantitative estimate of drug-likeness (QED) is 0.595. The van der Waals surface area contributed by atoms with Gasteiger partial charge < -0.3 is 0 Å². The highest BCUT2D eigenvalue weighted by molar-refractivity contribution is 7.92. The SMILES string of the molecule is Cc1ccc2c(c1)S(=O)(=O)c1ccccc1-2. The Hall–Kier alpha value is -1.61. The molecule has 0 saturated carbocycles. The predicted octanol–water partition coefficient (Wildman–Crippen LogP) is 2.81. The van der Waals surface area contributed by atoms with Crippen molar-refractivity contribution in [1.29, 1.82) is 0 Å². The molecule has 0 spiro atoms. The van der Waals surface area contributed by atoms with Crippen LogP contribution in [0.5, 0.6) is 0 Å². The fraction of sp³-hybridized carbons (Fsp3) is 0.0769. The molecule has 0 saturated heterocycles. The topological polar surface area (TPSA) is 34.1 Å². The van der Waals surface area contributed by atoms with Gasteiger partial charge in [-0.2, -0.15) is 0 Å². The molecular formula is C13H10O2S. The van der Waals surface area contributed by atoms with Crippen molar-refractivity contribution in [3.63, 3.8) is 0 Å². The summed E-state index contributed by atoms with van der Waals surface area (Å²) in [5, 5.41) is 0. The van der Waals surface area contributed by atoms with Gasteiger partial charge in [0.25, 0.3) is 0 Å². The highest BCUT2D eigenvalue weighted by atomic mass is 32.2. The summed E-state index contributed by atoms with van der Waals surface area (Å²) >= 11 is 0. The molecule has 80 valence electrons. The Morgan fingerprint density at radius 3 is 2.38 bits per heavy atom. The van der Waals surface area contributed by atoms with Crippen LogP contribution in [0.2, 0.25) is 0 Å². The number of hydrogen-bond donors (Lipinski definition) is 0. The van der Waals surface area contributed by atoms with E-state index in [4.69, 9.17) is 0 Å². The smallest absolute Gasteiger partial charge is 0.207 e. The van der Waals surface area contributed by atoms with Gasteiger partial charge in [0.05, 0.1) is 9.79 Å². The molecule has 0 amide bonds. The zero-order chi connectivity index (χ0) is 11.3. The average molecular weight is 230 g/mol. The number of fused-ring (bicyclic) bond motifs is 3. The lowest BCUT2D eigenvalue weighted by molar-refractivity contribution is 0.598. The Kier molecular flexibility index (Phi) is 1.77. The van der Waals surface area contributed by atoms with Crippen LogP contribution in [0.3, 0.4) is 0 Å². The van der Waals surface area contributed by atoms with Crippen molar-refractivity contribution in [2.45, 2.75) is 16.7 Å². The Bertz CT molecular complexity index is 685. The van der Waals surface area contributed by atoms with E-state index < -0.39 is 9.84 Å². The van der Waals surface area contributed by atoms with Gasteiger partial charge in [-0.25, -0.2) is 8.42 Å². The van der Waals surface area contributed by atoms with Crippen LogP contribution in [0, 0.1) is 6.92 Å². The Labute approximate surface area is 94.5 Å². The van der Waals surface area contributed by atoms with Crippen LogP contribution >= 0.6 is 0 Å². The summed E-state index contributed by atoms with van der Waals surface area (Å²) in [7, 11) is -3.29. The highest BCUT2D eigenvalue weighted by Crippen LogP contribution is 2.42. The second-order valence-corrected chi connectivity index (χ2v) is 5.89. The van der Waals surface area contributed by atoms with Gasteiger partial charge in [0, 0.05) is 11.1 Å². The third-order valence-electron chi connectivity index (χ3n) is 2.89. The maximum atomic E-state index is 12.2. The molecule has 1 aliphatic rings. The largest absolute Gasteiger partial charge is 0.218 e. The van der Waals surface area contributed by atoms with Crippen molar-refractivity contribution < 1.29 is 8.42 Å². The lowest BCUT2D eigenvalue weighted by Crippen LogP contribution is -1.96. The third-order valence-corrected chi connectivity index (χ3v) is 4.75. The molecule has 2 aromatic carbocycles. The maximum absolute atomic E-state index is 12.2. The monoisotopic (exact) mass is 230 g/mol. The van der Waals surface area contributed by atoms with Crippen molar-refractivity contribution in [2.24, 2.45) is 0 Å². The molecule has 0 N–H and O–H groups in total. The molecule has 0 atom stereocenters. The van der Waals surface area contributed by atoms with E-state index in [1.54, 1.807) is 18.2 Å². The van der Waals surface area contributed by atoms with Crippen molar-refractivity contribution in [2.75, 3.05) is 0 Å². The molecule has 0 radical (unpaired) electrons. The minimum absolute atomic E-state index is 0.426. The maximum Gasteiger partial charge on any atom is 0.207 e. The van der Waals surface area contributed by atoms with Gasteiger partial charge in [0.2, 0.25) is 9.84 Å². The molecule has 2 nitrogen and oxygen atoms in total. The first-order chi connectivity index (χ1) is 7.60. The molecule has 2 aromatic rings. The van der Waals surface area contributed by atoms with Gasteiger partial charge >= 0.3 is 0 Å². The molecular weight excluding hydrogens is 220 g/mol. The fourth-order valence-corrected chi connectivity index (χ4v) is 3.89. The van der Waals surface area contributed by atoms with E-state index in [-0.39, 0.29) is 0 Å². The number of benzene rings is 2. The van der Waals surface area contributed by atoms with Crippen LogP contribution in [0.4, 0.5) is 0 Å². The van der Waals surface area contributed by atoms with Crippen molar-refractivity contribution in [1.82, 2.24) is 0 Å². The average Bonchev–Trinajstić information content (AvgIpc) is 2.49. The second kappa shape index (κ2) is 2.95. The van der Waals surface area contributed by atoms with E-state index in [1.807, 2.05) is 31.2 Å². The lowest BCUT2D eigenvalue weighted by atomic mass is 10.0. The molecule has 1 aliphatic heterocycles. The van der Waals surface area contributed by atoms with Crippen LogP contribution in [-0.4, -0.2) is 8.42 Å². The molecule has 0 aliphatic carbocycles. The standard InChI is InChI=1S/C13H10O2S/c1-9-6-7-11-10-4-2-3-5-12(10)16(14,15)13(11)8-9/h2-8H,1H3. The molecule has 3 rings (SSSR count). The minimum Gasteiger partial charge on any atom is -0.218 e. The fourth-order valence-electron chi connectivity index (χ4n) is 2.12. The van der Waals surface area contributed by atoms with Gasteiger partial charge in [-0.05, 0) is 24.6 Å². The van der Waals surface area contributed by atoms with Crippen molar-refractivity contribution in [3.05, 3.63) is 48.0 Å². The summed E-state index contributed by atoms with van der Waals surface area (Å²) in [4.78, 5) is 0.865. The first kappa shape index (κ1) is 9.60. The zero-order valence-corrected chi connectivity index (χ0v) is 9.58. The Morgan fingerprint density at radius 2 is 1.56 bits per heavy atom. The normalized spacial score (nSPS) is 15.6. The van der Waals surface area contributed by atoms with Crippen LogP contribution in [0.25, 0.3) is 11.1 Å². The molecule has 0 bridgehead atoms. The summed E-state index contributed by atoms with van der Waals surface area (Å²) in [5.41, 5.74) is 2.61. The number of aryl methyl sites for hydroxylation is 1. The zero-order valence-electron chi connectivity index (χ0n) is 8.77. The van der Waals surface area contributed by atoms with E-state index in [2.05, 4.69) is 0 Å². The van der Waals surface area contributed by atoms with E-state index in [0.29, 0.717) is 9.79 Å². The Balaban J connectivity index is 2.49. The van der Waals surface area contributed by atoms with Crippen molar-refractivity contribution in [3.8, 4) is 11.1 Å². The van der Waals surface area contributed by atoms with Gasteiger partial charge in [0.15, 0.2) is 0 Å². The van der Waals surface area contributed by atoms with Crippen LogP contribution < -0.4 is 0 Å². The first-order valence-corrected chi connectivity index (χ1v) is 6.54. The van der Waals surface area contributed by atoms with Gasteiger partial charge in [-0.3, -0.25) is 0 Å². The molecule has 0 fully saturated rings. The summed E-state index contributed by atoms with van der Waals surface area (Å²) in [6.45, 7) is 1.90. The third kappa shape index (κ3) is 1.09. The predicted molar refractivity (Wildman–Crippen MR) is 62.1 cm³/mol. The van der Waals surface area contributed by atoms with Crippen LogP contribution in [-0.2, 0) is 9.84 Å². The van der Waals surface area contributed by atoms with Gasteiger partial charge in [-0.1, -0.05) is 30.3 Å². The minimum atomic E-state index is -3.29. The lowest BCUT2D eigenvalue weighted by Gasteiger charge is -1.99. The van der Waals surface area contributed by atoms with E-state index in [1.165, 1.54) is 0 Å². The van der Waals surface area contributed by atoms with E-state index in [9.17, 15) is 8.42 Å². The van der Waals surface area contributed by atoms with E-state index >= 15 is 0 Å². The van der Waals surface area contributed by atoms with Gasteiger partial charge in [-0.15, -0.1) is 0 Å². The Morgan fingerprint density at radius 1 is 0.875 bits per heavy atom. The second-order valence-electron chi connectivity index (χ2n) is 4.00. The first-order valence-electron chi connectivity index (χ1n) is 5.06. The molecule has 1 heterocycles. The summed E-state index contributed by atoms with van der Waals surface area (Å²) in [5.74, 6) is 0. The molecule has 16 heavy (non-hydrogen) atoms. The summed E-state index contributed by atoms with van der Waals surface area (Å²) in [6, 6.07) is 12.7. The number of hydrogen-bond acceptors (Lipinski definition) is 2. The summed E-state index contributed by atoms with van der Waals surface area (Å²) in [6.07, 6.45) is 0. The van der Waals surface area contributed by atoms with Crippen LogP contribution in [0.15, 0.2) is 52.3 Å². The van der Waals surface area contributed by atoms with Crippen LogP contribution in [0.1, 0.15) is 5.56 Å². The van der Waals surface area contributed by atoms with Gasteiger partial charge in [0.1, 0.15) is 0 Å². The molecule has 0 unspecified atom stereocenters. The van der Waals surface area contributed by atoms with Crippen molar-refractivity contribution >= 4 is 9.84 Å². The van der Waals surface area contributed by atoms with E-state index in [0.717, 1.165) is 16.7 Å². The molecule has 0 aromatic heterocycles. The summed E-state index contributed by atoms with van der Waals surface area (Å²) < 4.78 is 24.5. The number of rotatable bonds is 0. The highest BCUT2D eigenvalue weighted by Gasteiger charge is 2.32. The molecule has 3 heteroatoms. The number of sulfone groups is 1.